The van der Waals surface area contributed by atoms with Crippen molar-refractivity contribution >= 4 is 0 Å². The van der Waals surface area contributed by atoms with Gasteiger partial charge < -0.3 is 10.1 Å². The molecule has 0 heterocycles. The van der Waals surface area contributed by atoms with Crippen LogP contribution in [-0.2, 0) is 4.74 Å². The normalized spacial score (nSPS) is 17.1. The molecule has 0 aromatic rings. The van der Waals surface area contributed by atoms with E-state index < -0.39 is 0 Å². The number of nitrogens with one attached hydrogen (secondary N) is 1. The van der Waals surface area contributed by atoms with Crippen molar-refractivity contribution in [3.05, 3.63) is 0 Å². The molecule has 0 aromatic carbocycles. The molecular formula is C15H33NO. The standard InChI is InChI=1S/C15H33NO/c1-7-12-16-14(11-10-13(4)5)15(6,8-2)17-9-3/h13-14,16H,7-12H2,1-6H3. The Hall–Kier alpha value is -0.0800. The first-order valence-electron chi connectivity index (χ1n) is 7.37. The highest BCUT2D eigenvalue weighted by molar-refractivity contribution is 4.88. The predicted molar refractivity (Wildman–Crippen MR) is 76.5 cm³/mol. The molecule has 104 valence electrons. The molecule has 2 unspecified atom stereocenters. The minimum atomic E-state index is -0.0151. The number of rotatable bonds is 10. The Morgan fingerprint density at radius 3 is 2.18 bits per heavy atom. The Morgan fingerprint density at radius 2 is 1.76 bits per heavy atom. The Balaban J connectivity index is 4.49. The maximum absolute atomic E-state index is 6.01. The van der Waals surface area contributed by atoms with Gasteiger partial charge in [0.1, 0.15) is 0 Å². The van der Waals surface area contributed by atoms with Crippen molar-refractivity contribution in [3.8, 4) is 0 Å². The summed E-state index contributed by atoms with van der Waals surface area (Å²) in [4.78, 5) is 0. The van der Waals surface area contributed by atoms with Gasteiger partial charge in [0.25, 0.3) is 0 Å². The maximum Gasteiger partial charge on any atom is 0.0803 e. The van der Waals surface area contributed by atoms with Crippen molar-refractivity contribution < 1.29 is 4.74 Å². The summed E-state index contributed by atoms with van der Waals surface area (Å²) < 4.78 is 6.01. The van der Waals surface area contributed by atoms with E-state index in [9.17, 15) is 0 Å². The molecule has 0 aliphatic heterocycles. The van der Waals surface area contributed by atoms with Gasteiger partial charge in [0, 0.05) is 12.6 Å². The fraction of sp³-hybridized carbons (Fsp3) is 1.00. The summed E-state index contributed by atoms with van der Waals surface area (Å²) in [5, 5.41) is 3.68. The van der Waals surface area contributed by atoms with E-state index in [1.165, 1.54) is 19.3 Å². The third-order valence-corrected chi connectivity index (χ3v) is 3.59. The minimum absolute atomic E-state index is 0.0151. The molecule has 0 fully saturated rings. The second-order valence-corrected chi connectivity index (χ2v) is 5.58. The number of ether oxygens (including phenoxy) is 1. The van der Waals surface area contributed by atoms with Crippen LogP contribution in [0.3, 0.4) is 0 Å². The highest BCUT2D eigenvalue weighted by atomic mass is 16.5. The highest BCUT2D eigenvalue weighted by Gasteiger charge is 2.32. The fourth-order valence-electron chi connectivity index (χ4n) is 2.22. The molecule has 0 bridgehead atoms. The Morgan fingerprint density at radius 1 is 1.12 bits per heavy atom. The number of hydrogen-bond donors (Lipinski definition) is 1. The molecule has 2 heteroatoms. The van der Waals surface area contributed by atoms with Gasteiger partial charge in [0.2, 0.25) is 0 Å². The molecule has 0 aromatic heterocycles. The smallest absolute Gasteiger partial charge is 0.0803 e. The van der Waals surface area contributed by atoms with Gasteiger partial charge >= 0.3 is 0 Å². The van der Waals surface area contributed by atoms with Crippen molar-refractivity contribution in [1.82, 2.24) is 5.32 Å². The largest absolute Gasteiger partial charge is 0.374 e. The van der Waals surface area contributed by atoms with Crippen LogP contribution in [0, 0.1) is 5.92 Å². The highest BCUT2D eigenvalue weighted by Crippen LogP contribution is 2.24. The van der Waals surface area contributed by atoms with Gasteiger partial charge in [-0.1, -0.05) is 27.7 Å². The van der Waals surface area contributed by atoms with E-state index in [-0.39, 0.29) is 5.60 Å². The van der Waals surface area contributed by atoms with Crippen LogP contribution in [0.15, 0.2) is 0 Å². The monoisotopic (exact) mass is 243 g/mol. The molecule has 0 aliphatic rings. The second-order valence-electron chi connectivity index (χ2n) is 5.58. The van der Waals surface area contributed by atoms with Crippen LogP contribution in [0.2, 0.25) is 0 Å². The molecule has 0 amide bonds. The molecule has 0 aliphatic carbocycles. The van der Waals surface area contributed by atoms with E-state index in [4.69, 9.17) is 4.74 Å². The van der Waals surface area contributed by atoms with Crippen LogP contribution >= 0.6 is 0 Å². The predicted octanol–water partition coefficient (Wildman–Crippen LogP) is 4.00. The van der Waals surface area contributed by atoms with Crippen LogP contribution in [0.5, 0.6) is 0 Å². The van der Waals surface area contributed by atoms with Gasteiger partial charge in [-0.3, -0.25) is 0 Å². The van der Waals surface area contributed by atoms with E-state index in [0.29, 0.717) is 6.04 Å². The molecule has 0 saturated heterocycles. The van der Waals surface area contributed by atoms with E-state index in [1.807, 2.05) is 0 Å². The zero-order valence-corrected chi connectivity index (χ0v) is 12.8. The molecule has 0 radical (unpaired) electrons. The lowest BCUT2D eigenvalue weighted by molar-refractivity contribution is -0.0578. The summed E-state index contributed by atoms with van der Waals surface area (Å²) in [5.41, 5.74) is -0.0151. The topological polar surface area (TPSA) is 21.3 Å². The maximum atomic E-state index is 6.01. The zero-order chi connectivity index (χ0) is 13.3. The van der Waals surface area contributed by atoms with Gasteiger partial charge in [-0.25, -0.2) is 0 Å². The molecule has 0 rings (SSSR count). The van der Waals surface area contributed by atoms with Crippen molar-refractivity contribution in [3.63, 3.8) is 0 Å². The van der Waals surface area contributed by atoms with Crippen LogP contribution in [0.4, 0.5) is 0 Å². The van der Waals surface area contributed by atoms with Gasteiger partial charge in [0.15, 0.2) is 0 Å². The van der Waals surface area contributed by atoms with Gasteiger partial charge in [-0.05, 0) is 52.0 Å². The summed E-state index contributed by atoms with van der Waals surface area (Å²) in [6.07, 6.45) is 4.73. The van der Waals surface area contributed by atoms with Gasteiger partial charge in [-0.15, -0.1) is 0 Å². The average Bonchev–Trinajstić information content (AvgIpc) is 2.29. The Bertz CT molecular complexity index is 182. The SMILES string of the molecule is CCCNC(CCC(C)C)C(C)(CC)OCC. The van der Waals surface area contributed by atoms with Crippen molar-refractivity contribution in [2.24, 2.45) is 5.92 Å². The van der Waals surface area contributed by atoms with E-state index in [1.54, 1.807) is 0 Å². The van der Waals surface area contributed by atoms with E-state index in [0.717, 1.165) is 25.5 Å². The zero-order valence-electron chi connectivity index (χ0n) is 12.8. The molecule has 0 spiro atoms. The molecular weight excluding hydrogens is 210 g/mol. The van der Waals surface area contributed by atoms with Crippen LogP contribution < -0.4 is 5.32 Å². The van der Waals surface area contributed by atoms with Gasteiger partial charge in [0.05, 0.1) is 5.60 Å². The summed E-state index contributed by atoms with van der Waals surface area (Å²) >= 11 is 0. The number of hydrogen-bond acceptors (Lipinski definition) is 2. The molecule has 2 nitrogen and oxygen atoms in total. The van der Waals surface area contributed by atoms with Crippen LogP contribution in [-0.4, -0.2) is 24.8 Å². The summed E-state index contributed by atoms with van der Waals surface area (Å²) in [5.74, 6) is 0.767. The van der Waals surface area contributed by atoms with Crippen LogP contribution in [0.25, 0.3) is 0 Å². The summed E-state index contributed by atoms with van der Waals surface area (Å²) in [6, 6.07) is 0.481. The van der Waals surface area contributed by atoms with E-state index in [2.05, 4.69) is 46.9 Å². The molecule has 17 heavy (non-hydrogen) atoms. The average molecular weight is 243 g/mol. The third-order valence-electron chi connectivity index (χ3n) is 3.59. The molecule has 2 atom stereocenters. The van der Waals surface area contributed by atoms with Crippen molar-refractivity contribution in [1.29, 1.82) is 0 Å². The van der Waals surface area contributed by atoms with Crippen molar-refractivity contribution in [2.75, 3.05) is 13.2 Å². The molecule has 1 N–H and O–H groups in total. The lowest BCUT2D eigenvalue weighted by Crippen LogP contribution is -2.50. The second kappa shape index (κ2) is 8.93. The first-order valence-corrected chi connectivity index (χ1v) is 7.37. The quantitative estimate of drug-likeness (QED) is 0.626. The molecule has 0 saturated carbocycles. The van der Waals surface area contributed by atoms with E-state index >= 15 is 0 Å². The first kappa shape index (κ1) is 16.9. The Labute approximate surface area is 109 Å². The van der Waals surface area contributed by atoms with Crippen LogP contribution in [0.1, 0.15) is 67.2 Å². The Kier molecular flexibility index (Phi) is 8.89. The fourth-order valence-corrected chi connectivity index (χ4v) is 2.22. The summed E-state index contributed by atoms with van der Waals surface area (Å²) in [6.45, 7) is 15.3. The van der Waals surface area contributed by atoms with Gasteiger partial charge in [-0.2, -0.15) is 0 Å². The lowest BCUT2D eigenvalue weighted by atomic mass is 9.87. The van der Waals surface area contributed by atoms with Crippen molar-refractivity contribution in [2.45, 2.75) is 78.9 Å². The third kappa shape index (κ3) is 6.42. The lowest BCUT2D eigenvalue weighted by Gasteiger charge is -2.38. The first-order chi connectivity index (χ1) is 8.00. The summed E-state index contributed by atoms with van der Waals surface area (Å²) in [7, 11) is 0. The minimum Gasteiger partial charge on any atom is -0.374 e.